The molecule has 0 aliphatic heterocycles. The smallest absolute Gasteiger partial charge is 0.298 e. The molecule has 0 amide bonds. The predicted octanol–water partition coefficient (Wildman–Crippen LogP) is 2.72. The molecule has 1 rings (SSSR count). The zero-order valence-electron chi connectivity index (χ0n) is 7.92. The number of carbonyl (C=O) groups is 1. The number of carbonyl (C=O) groups excluding carboxylic acids is 1. The SMILES string of the molecule is N#Cc1cnc(C(F)(F)F)c(C(F)F)c1C=O. The maximum absolute atomic E-state index is 12.5. The molecule has 0 atom stereocenters. The van der Waals surface area contributed by atoms with Crippen LogP contribution in [0.15, 0.2) is 6.20 Å². The van der Waals surface area contributed by atoms with Gasteiger partial charge in [0.1, 0.15) is 6.07 Å². The van der Waals surface area contributed by atoms with Crippen LogP contribution in [0.5, 0.6) is 0 Å². The van der Waals surface area contributed by atoms with Crippen molar-refractivity contribution < 1.29 is 26.7 Å². The van der Waals surface area contributed by atoms with Crippen LogP contribution in [0.3, 0.4) is 0 Å². The third kappa shape index (κ3) is 2.38. The maximum atomic E-state index is 12.5. The van der Waals surface area contributed by atoms with E-state index in [2.05, 4.69) is 4.98 Å². The van der Waals surface area contributed by atoms with Crippen molar-refractivity contribution in [1.82, 2.24) is 4.98 Å². The Morgan fingerprint density at radius 1 is 1.41 bits per heavy atom. The number of hydrogen-bond acceptors (Lipinski definition) is 3. The summed E-state index contributed by atoms with van der Waals surface area (Å²) in [5.74, 6) is 0. The summed E-state index contributed by atoms with van der Waals surface area (Å²) in [6.07, 6.45) is -8.43. The molecule has 0 saturated carbocycles. The second-order valence-corrected chi connectivity index (χ2v) is 2.88. The van der Waals surface area contributed by atoms with E-state index < -0.39 is 35.0 Å². The molecule has 1 aromatic rings. The van der Waals surface area contributed by atoms with E-state index in [-0.39, 0.29) is 6.29 Å². The van der Waals surface area contributed by atoms with Crippen molar-refractivity contribution >= 4 is 6.29 Å². The molecule has 0 N–H and O–H groups in total. The Labute approximate surface area is 91.5 Å². The average Bonchev–Trinajstić information content (AvgIpc) is 2.25. The first-order valence-electron chi connectivity index (χ1n) is 4.06. The molecule has 0 bridgehead atoms. The Bertz CT molecular complexity index is 489. The minimum Gasteiger partial charge on any atom is -0.298 e. The van der Waals surface area contributed by atoms with Gasteiger partial charge in [-0.05, 0) is 0 Å². The number of pyridine rings is 1. The molecule has 90 valence electrons. The fraction of sp³-hybridized carbons (Fsp3) is 0.222. The Morgan fingerprint density at radius 2 is 2.00 bits per heavy atom. The van der Waals surface area contributed by atoms with Crippen LogP contribution in [-0.2, 0) is 6.18 Å². The molecule has 17 heavy (non-hydrogen) atoms. The van der Waals surface area contributed by atoms with Crippen molar-refractivity contribution in [3.63, 3.8) is 0 Å². The van der Waals surface area contributed by atoms with Crippen molar-refractivity contribution in [1.29, 1.82) is 5.26 Å². The van der Waals surface area contributed by atoms with E-state index in [1.165, 1.54) is 6.07 Å². The first kappa shape index (κ1) is 13.0. The quantitative estimate of drug-likeness (QED) is 0.599. The lowest BCUT2D eigenvalue weighted by molar-refractivity contribution is -0.143. The first-order chi connectivity index (χ1) is 7.82. The Kier molecular flexibility index (Phi) is 3.41. The second-order valence-electron chi connectivity index (χ2n) is 2.88. The predicted molar refractivity (Wildman–Crippen MR) is 44.3 cm³/mol. The Morgan fingerprint density at radius 3 is 2.35 bits per heavy atom. The third-order valence-corrected chi connectivity index (χ3v) is 1.88. The van der Waals surface area contributed by atoms with Gasteiger partial charge in [0, 0.05) is 11.8 Å². The number of rotatable bonds is 2. The number of hydrogen-bond donors (Lipinski definition) is 0. The lowest BCUT2D eigenvalue weighted by Crippen LogP contribution is -2.15. The second kappa shape index (κ2) is 4.45. The molecule has 1 aromatic heterocycles. The van der Waals surface area contributed by atoms with Crippen LogP contribution in [-0.4, -0.2) is 11.3 Å². The topological polar surface area (TPSA) is 53.8 Å². The highest BCUT2D eigenvalue weighted by Gasteiger charge is 2.39. The molecule has 8 heteroatoms. The van der Waals surface area contributed by atoms with Gasteiger partial charge in [-0.3, -0.25) is 4.79 Å². The van der Waals surface area contributed by atoms with Gasteiger partial charge >= 0.3 is 6.18 Å². The van der Waals surface area contributed by atoms with E-state index in [0.29, 0.717) is 6.20 Å². The Hall–Kier alpha value is -2.04. The minimum absolute atomic E-state index is 0.211. The molecular formula is C9H3F5N2O. The molecule has 0 aliphatic carbocycles. The molecule has 3 nitrogen and oxygen atoms in total. The van der Waals surface area contributed by atoms with Crippen LogP contribution in [0.1, 0.15) is 33.6 Å². The number of nitriles is 1. The summed E-state index contributed by atoms with van der Waals surface area (Å²) < 4.78 is 62.1. The highest BCUT2D eigenvalue weighted by Crippen LogP contribution is 2.36. The number of halogens is 5. The van der Waals surface area contributed by atoms with Crippen molar-refractivity contribution in [2.45, 2.75) is 12.6 Å². The fourth-order valence-electron chi connectivity index (χ4n) is 1.20. The molecule has 0 unspecified atom stereocenters. The molecule has 0 aliphatic rings. The number of aromatic nitrogens is 1. The largest absolute Gasteiger partial charge is 0.433 e. The van der Waals surface area contributed by atoms with Gasteiger partial charge in [0.25, 0.3) is 6.43 Å². The highest BCUT2D eigenvalue weighted by molar-refractivity contribution is 5.81. The van der Waals surface area contributed by atoms with Gasteiger partial charge in [-0.1, -0.05) is 0 Å². The number of alkyl halides is 5. The van der Waals surface area contributed by atoms with Gasteiger partial charge in [0.15, 0.2) is 12.0 Å². The van der Waals surface area contributed by atoms with E-state index in [0.717, 1.165) is 0 Å². The van der Waals surface area contributed by atoms with Crippen LogP contribution in [0.4, 0.5) is 22.0 Å². The average molecular weight is 250 g/mol. The molecule has 0 radical (unpaired) electrons. The van der Waals surface area contributed by atoms with Crippen molar-refractivity contribution in [2.24, 2.45) is 0 Å². The van der Waals surface area contributed by atoms with E-state index in [1.807, 2.05) is 0 Å². The summed E-state index contributed by atoms with van der Waals surface area (Å²) in [6.45, 7) is 0. The van der Waals surface area contributed by atoms with Gasteiger partial charge in [-0.15, -0.1) is 0 Å². The van der Waals surface area contributed by atoms with Crippen LogP contribution in [0.2, 0.25) is 0 Å². The van der Waals surface area contributed by atoms with Crippen LogP contribution >= 0.6 is 0 Å². The highest BCUT2D eigenvalue weighted by atomic mass is 19.4. The standard InChI is InChI=1S/C9H3F5N2O/c10-8(11)6-5(3-17)4(1-15)2-16-7(6)9(12,13)14/h2-3,8H. The minimum atomic E-state index is -5.11. The zero-order valence-corrected chi connectivity index (χ0v) is 7.92. The van der Waals surface area contributed by atoms with Crippen molar-refractivity contribution in [2.75, 3.05) is 0 Å². The van der Waals surface area contributed by atoms with Gasteiger partial charge < -0.3 is 0 Å². The molecule has 0 saturated heterocycles. The Balaban J connectivity index is 3.67. The van der Waals surface area contributed by atoms with Crippen molar-refractivity contribution in [3.05, 3.63) is 28.6 Å². The third-order valence-electron chi connectivity index (χ3n) is 1.88. The fourth-order valence-corrected chi connectivity index (χ4v) is 1.20. The summed E-state index contributed by atoms with van der Waals surface area (Å²) >= 11 is 0. The van der Waals surface area contributed by atoms with Gasteiger partial charge in [0.05, 0.1) is 11.1 Å². The van der Waals surface area contributed by atoms with Crippen LogP contribution in [0, 0.1) is 11.3 Å². The molecule has 0 fully saturated rings. The summed E-state index contributed by atoms with van der Waals surface area (Å²) in [5.41, 5.74) is -5.02. The van der Waals surface area contributed by atoms with Gasteiger partial charge in [-0.25, -0.2) is 13.8 Å². The number of nitrogens with zero attached hydrogens (tertiary/aromatic N) is 2. The summed E-state index contributed by atoms with van der Waals surface area (Å²) in [7, 11) is 0. The zero-order chi connectivity index (χ0) is 13.2. The summed E-state index contributed by atoms with van der Waals surface area (Å²) in [5, 5.41) is 8.47. The van der Waals surface area contributed by atoms with Crippen LogP contribution < -0.4 is 0 Å². The lowest BCUT2D eigenvalue weighted by atomic mass is 10.0. The van der Waals surface area contributed by atoms with Gasteiger partial charge in [0.2, 0.25) is 0 Å². The molecule has 1 heterocycles. The monoisotopic (exact) mass is 250 g/mol. The van der Waals surface area contributed by atoms with Crippen LogP contribution in [0.25, 0.3) is 0 Å². The van der Waals surface area contributed by atoms with E-state index in [1.54, 1.807) is 0 Å². The normalized spacial score (nSPS) is 11.4. The first-order valence-corrected chi connectivity index (χ1v) is 4.06. The van der Waals surface area contributed by atoms with E-state index in [4.69, 9.17) is 5.26 Å². The molecule has 0 aromatic carbocycles. The molecule has 0 spiro atoms. The summed E-state index contributed by atoms with van der Waals surface area (Å²) in [6, 6.07) is 1.33. The summed E-state index contributed by atoms with van der Waals surface area (Å²) in [4.78, 5) is 13.3. The van der Waals surface area contributed by atoms with Gasteiger partial charge in [-0.2, -0.15) is 18.4 Å². The van der Waals surface area contributed by atoms with Crippen molar-refractivity contribution in [3.8, 4) is 6.07 Å². The maximum Gasteiger partial charge on any atom is 0.433 e. The lowest BCUT2D eigenvalue weighted by Gasteiger charge is -2.13. The van der Waals surface area contributed by atoms with E-state index in [9.17, 15) is 26.7 Å². The van der Waals surface area contributed by atoms with E-state index >= 15 is 0 Å². The number of aldehydes is 1. The molecular weight excluding hydrogens is 247 g/mol.